The highest BCUT2D eigenvalue weighted by molar-refractivity contribution is 6.05. The number of carbonyl (C=O) groups is 2. The molecule has 3 rings (SSSR count). The van der Waals surface area contributed by atoms with Crippen molar-refractivity contribution in [3.8, 4) is 0 Å². The second kappa shape index (κ2) is 5.40. The van der Waals surface area contributed by atoms with Crippen molar-refractivity contribution in [3.63, 3.8) is 0 Å². The van der Waals surface area contributed by atoms with Crippen molar-refractivity contribution < 1.29 is 9.59 Å². The van der Waals surface area contributed by atoms with Gasteiger partial charge in [-0.3, -0.25) is 9.59 Å². The summed E-state index contributed by atoms with van der Waals surface area (Å²) in [6, 6.07) is 12.6. The maximum atomic E-state index is 12.2. The molecule has 0 atom stereocenters. The largest absolute Gasteiger partial charge is 0.384 e. The van der Waals surface area contributed by atoms with E-state index in [1.165, 1.54) is 12.5 Å². The Morgan fingerprint density at radius 1 is 1.05 bits per heavy atom. The monoisotopic (exact) mass is 280 g/mol. The van der Waals surface area contributed by atoms with Crippen LogP contribution in [0.25, 0.3) is 0 Å². The van der Waals surface area contributed by atoms with Gasteiger partial charge in [-0.05, 0) is 55.3 Å². The number of Topliss-reactive ketones (excluding diaryl/α,β-unsaturated/α-hetero) is 1. The predicted molar refractivity (Wildman–Crippen MR) is 83.0 cm³/mol. The average Bonchev–Trinajstić information content (AvgIpc) is 2.95. The topological polar surface area (TPSA) is 58.2 Å². The molecule has 4 heteroatoms. The molecule has 0 radical (unpaired) electrons. The van der Waals surface area contributed by atoms with Gasteiger partial charge in [0.05, 0.1) is 0 Å². The smallest absolute Gasteiger partial charge is 0.255 e. The van der Waals surface area contributed by atoms with Gasteiger partial charge in [-0.2, -0.15) is 0 Å². The average molecular weight is 280 g/mol. The van der Waals surface area contributed by atoms with Crippen molar-refractivity contribution in [1.82, 2.24) is 0 Å². The second-order valence-electron chi connectivity index (χ2n) is 5.14. The van der Waals surface area contributed by atoms with Gasteiger partial charge in [-0.1, -0.05) is 6.07 Å². The molecular formula is C17H16N2O2. The van der Waals surface area contributed by atoms with Crippen LogP contribution in [-0.4, -0.2) is 18.2 Å². The molecule has 0 bridgehead atoms. The fourth-order valence-electron chi connectivity index (χ4n) is 2.42. The summed E-state index contributed by atoms with van der Waals surface area (Å²) < 4.78 is 0. The number of nitrogens with one attached hydrogen (secondary N) is 2. The molecule has 0 aliphatic carbocycles. The normalized spacial score (nSPS) is 12.4. The lowest BCUT2D eigenvalue weighted by atomic mass is 10.1. The Hall–Kier alpha value is -2.62. The van der Waals surface area contributed by atoms with Gasteiger partial charge in [-0.15, -0.1) is 0 Å². The molecule has 0 saturated heterocycles. The summed E-state index contributed by atoms with van der Waals surface area (Å²) in [7, 11) is 0. The molecule has 106 valence electrons. The molecule has 0 unspecified atom stereocenters. The molecule has 0 fully saturated rings. The van der Waals surface area contributed by atoms with Crippen LogP contribution in [0.3, 0.4) is 0 Å². The van der Waals surface area contributed by atoms with E-state index in [0.29, 0.717) is 16.8 Å². The van der Waals surface area contributed by atoms with Crippen LogP contribution in [-0.2, 0) is 6.42 Å². The van der Waals surface area contributed by atoms with E-state index in [4.69, 9.17) is 0 Å². The molecule has 0 aromatic heterocycles. The molecule has 2 N–H and O–H groups in total. The van der Waals surface area contributed by atoms with Crippen molar-refractivity contribution in [2.45, 2.75) is 13.3 Å². The summed E-state index contributed by atoms with van der Waals surface area (Å²) in [5.41, 5.74) is 4.22. The Morgan fingerprint density at radius 2 is 1.76 bits per heavy atom. The molecule has 1 heterocycles. The molecule has 2 aromatic carbocycles. The number of ketones is 1. The Kier molecular flexibility index (Phi) is 3.44. The summed E-state index contributed by atoms with van der Waals surface area (Å²) in [4.78, 5) is 23.4. The summed E-state index contributed by atoms with van der Waals surface area (Å²) in [6.45, 7) is 2.44. The molecule has 1 amide bonds. The first-order chi connectivity index (χ1) is 10.1. The maximum Gasteiger partial charge on any atom is 0.255 e. The van der Waals surface area contributed by atoms with Gasteiger partial charge < -0.3 is 10.6 Å². The number of hydrogen-bond donors (Lipinski definition) is 2. The third kappa shape index (κ3) is 2.79. The van der Waals surface area contributed by atoms with Gasteiger partial charge in [0.25, 0.3) is 5.91 Å². The number of benzene rings is 2. The molecule has 0 spiro atoms. The molecule has 1 aliphatic heterocycles. The number of hydrogen-bond acceptors (Lipinski definition) is 3. The summed E-state index contributed by atoms with van der Waals surface area (Å²) in [6.07, 6.45) is 1.00. The van der Waals surface area contributed by atoms with Crippen molar-refractivity contribution in [1.29, 1.82) is 0 Å². The molecule has 4 nitrogen and oxygen atoms in total. The number of carbonyl (C=O) groups excluding carboxylic acids is 2. The van der Waals surface area contributed by atoms with Crippen LogP contribution in [0.5, 0.6) is 0 Å². The standard InChI is InChI=1S/C17H16N2O2/c1-11(20)12-4-6-15(7-5-12)19-17(21)14-3-2-13-8-9-18-16(13)10-14/h2-7,10,18H,8-9H2,1H3,(H,19,21). The van der Waals surface area contributed by atoms with E-state index in [1.807, 2.05) is 18.2 Å². The van der Waals surface area contributed by atoms with Crippen LogP contribution >= 0.6 is 0 Å². The van der Waals surface area contributed by atoms with E-state index in [1.54, 1.807) is 24.3 Å². The highest BCUT2D eigenvalue weighted by Crippen LogP contribution is 2.23. The second-order valence-corrected chi connectivity index (χ2v) is 5.14. The third-order valence-corrected chi connectivity index (χ3v) is 3.63. The fraction of sp³-hybridized carbons (Fsp3) is 0.176. The first kappa shape index (κ1) is 13.4. The first-order valence-electron chi connectivity index (χ1n) is 6.92. The summed E-state index contributed by atoms with van der Waals surface area (Å²) in [5.74, 6) is -0.139. The number of amides is 1. The lowest BCUT2D eigenvalue weighted by molar-refractivity contribution is 0.101. The predicted octanol–water partition coefficient (Wildman–Crippen LogP) is 3.11. The van der Waals surface area contributed by atoms with Crippen molar-refractivity contribution in [2.24, 2.45) is 0 Å². The van der Waals surface area contributed by atoms with E-state index in [-0.39, 0.29) is 11.7 Å². The minimum absolute atomic E-state index is 0.0116. The van der Waals surface area contributed by atoms with E-state index in [9.17, 15) is 9.59 Å². The summed E-state index contributed by atoms with van der Waals surface area (Å²) in [5, 5.41) is 6.10. The van der Waals surface area contributed by atoms with Crippen molar-refractivity contribution in [2.75, 3.05) is 17.2 Å². The van der Waals surface area contributed by atoms with E-state index < -0.39 is 0 Å². The number of rotatable bonds is 3. The van der Waals surface area contributed by atoms with E-state index in [0.717, 1.165) is 18.7 Å². The highest BCUT2D eigenvalue weighted by Gasteiger charge is 2.13. The van der Waals surface area contributed by atoms with Crippen LogP contribution in [0.15, 0.2) is 42.5 Å². The zero-order valence-corrected chi connectivity index (χ0v) is 11.8. The minimum atomic E-state index is -0.151. The maximum absolute atomic E-state index is 12.2. The highest BCUT2D eigenvalue weighted by atomic mass is 16.1. The lowest BCUT2D eigenvalue weighted by Gasteiger charge is -2.07. The van der Waals surface area contributed by atoms with E-state index in [2.05, 4.69) is 10.6 Å². The Labute approximate surface area is 123 Å². The Balaban J connectivity index is 1.75. The lowest BCUT2D eigenvalue weighted by Crippen LogP contribution is -2.12. The van der Waals surface area contributed by atoms with Crippen molar-refractivity contribution >= 4 is 23.1 Å². The molecule has 21 heavy (non-hydrogen) atoms. The number of anilines is 2. The van der Waals surface area contributed by atoms with E-state index >= 15 is 0 Å². The van der Waals surface area contributed by atoms with Crippen LogP contribution in [0, 0.1) is 0 Å². The molecule has 1 aliphatic rings. The van der Waals surface area contributed by atoms with Gasteiger partial charge >= 0.3 is 0 Å². The van der Waals surface area contributed by atoms with Crippen LogP contribution in [0.2, 0.25) is 0 Å². The zero-order valence-electron chi connectivity index (χ0n) is 11.8. The van der Waals surface area contributed by atoms with Gasteiger partial charge in [-0.25, -0.2) is 0 Å². The van der Waals surface area contributed by atoms with Gasteiger partial charge in [0.2, 0.25) is 0 Å². The van der Waals surface area contributed by atoms with Crippen LogP contribution in [0.1, 0.15) is 33.2 Å². The van der Waals surface area contributed by atoms with Crippen LogP contribution in [0.4, 0.5) is 11.4 Å². The number of fused-ring (bicyclic) bond motifs is 1. The van der Waals surface area contributed by atoms with Gasteiger partial charge in [0.15, 0.2) is 5.78 Å². The van der Waals surface area contributed by atoms with Gasteiger partial charge in [0, 0.05) is 29.0 Å². The molecular weight excluding hydrogens is 264 g/mol. The SMILES string of the molecule is CC(=O)c1ccc(NC(=O)c2ccc3c(c2)NCC3)cc1. The quantitative estimate of drug-likeness (QED) is 0.849. The Bertz CT molecular complexity index is 705. The first-order valence-corrected chi connectivity index (χ1v) is 6.92. The zero-order chi connectivity index (χ0) is 14.8. The minimum Gasteiger partial charge on any atom is -0.384 e. The summed E-state index contributed by atoms with van der Waals surface area (Å²) >= 11 is 0. The van der Waals surface area contributed by atoms with Gasteiger partial charge in [0.1, 0.15) is 0 Å². The fourth-order valence-corrected chi connectivity index (χ4v) is 2.42. The third-order valence-electron chi connectivity index (χ3n) is 3.63. The van der Waals surface area contributed by atoms with Crippen molar-refractivity contribution in [3.05, 3.63) is 59.2 Å². The molecule has 0 saturated carbocycles. The van der Waals surface area contributed by atoms with Crippen LogP contribution < -0.4 is 10.6 Å². The molecule has 2 aromatic rings. The Morgan fingerprint density at radius 3 is 2.48 bits per heavy atom.